The van der Waals surface area contributed by atoms with Gasteiger partial charge in [0, 0.05) is 36.7 Å². The monoisotopic (exact) mass is 327 g/mol. The minimum Gasteiger partial charge on any atom is -0.496 e. The van der Waals surface area contributed by atoms with Crippen LogP contribution >= 0.6 is 0 Å². The number of hydrogen-bond acceptors (Lipinski definition) is 4. The van der Waals surface area contributed by atoms with Crippen molar-refractivity contribution in [2.75, 3.05) is 26.5 Å². The summed E-state index contributed by atoms with van der Waals surface area (Å²) in [6, 6.07) is 8.41. The predicted molar refractivity (Wildman–Crippen MR) is 92.7 cm³/mol. The van der Waals surface area contributed by atoms with Crippen molar-refractivity contribution in [1.82, 2.24) is 9.88 Å². The lowest BCUT2D eigenvalue weighted by Crippen LogP contribution is -2.22. The Morgan fingerprint density at radius 2 is 1.71 bits per heavy atom. The molecule has 0 atom stereocenters. The maximum Gasteiger partial charge on any atom is 0.257 e. The van der Waals surface area contributed by atoms with E-state index in [2.05, 4.69) is 10.3 Å². The molecule has 1 N–H and O–H groups in total. The van der Waals surface area contributed by atoms with Gasteiger partial charge in [-0.1, -0.05) is 0 Å². The lowest BCUT2D eigenvalue weighted by molar-refractivity contribution is 0.0824. The van der Waals surface area contributed by atoms with E-state index in [1.165, 1.54) is 12.0 Å². The van der Waals surface area contributed by atoms with Crippen LogP contribution in [-0.4, -0.2) is 42.9 Å². The molecule has 0 bridgehead atoms. The third kappa shape index (κ3) is 3.90. The van der Waals surface area contributed by atoms with Gasteiger partial charge in [-0.2, -0.15) is 0 Å². The molecule has 0 aliphatic heterocycles. The van der Waals surface area contributed by atoms with Crippen molar-refractivity contribution in [3.05, 3.63) is 52.8 Å². The second-order valence-corrected chi connectivity index (χ2v) is 5.71. The van der Waals surface area contributed by atoms with Crippen molar-refractivity contribution in [1.29, 1.82) is 0 Å². The van der Waals surface area contributed by atoms with E-state index in [0.717, 1.165) is 11.4 Å². The van der Waals surface area contributed by atoms with Gasteiger partial charge in [0.15, 0.2) is 0 Å². The molecule has 0 spiro atoms. The molecule has 24 heavy (non-hydrogen) atoms. The lowest BCUT2D eigenvalue weighted by atomic mass is 10.1. The molecule has 126 valence electrons. The fourth-order valence-corrected chi connectivity index (χ4v) is 2.36. The van der Waals surface area contributed by atoms with E-state index >= 15 is 0 Å². The quantitative estimate of drug-likeness (QED) is 0.937. The van der Waals surface area contributed by atoms with Crippen LogP contribution in [0.2, 0.25) is 0 Å². The summed E-state index contributed by atoms with van der Waals surface area (Å²) in [4.78, 5) is 30.4. The van der Waals surface area contributed by atoms with E-state index in [4.69, 9.17) is 4.74 Å². The normalized spacial score (nSPS) is 10.2. The highest BCUT2D eigenvalue weighted by atomic mass is 16.5. The molecule has 0 aliphatic carbocycles. The number of carbonyl (C=O) groups is 2. The molecule has 2 aromatic rings. The molecule has 1 heterocycles. The number of nitrogens with one attached hydrogen (secondary N) is 1. The number of methoxy groups -OCH3 is 1. The third-order valence-corrected chi connectivity index (χ3v) is 3.44. The van der Waals surface area contributed by atoms with Gasteiger partial charge in [0.25, 0.3) is 11.8 Å². The molecule has 0 saturated carbocycles. The van der Waals surface area contributed by atoms with Crippen LogP contribution in [-0.2, 0) is 0 Å². The van der Waals surface area contributed by atoms with Crippen molar-refractivity contribution in [2.45, 2.75) is 13.8 Å². The van der Waals surface area contributed by atoms with Crippen LogP contribution in [0.4, 0.5) is 5.69 Å². The molecule has 0 fully saturated rings. The van der Waals surface area contributed by atoms with E-state index in [9.17, 15) is 9.59 Å². The fraction of sp³-hybridized carbons (Fsp3) is 0.278. The molecule has 2 rings (SSSR count). The number of ether oxygens (including phenoxy) is 1. The van der Waals surface area contributed by atoms with E-state index in [0.29, 0.717) is 22.6 Å². The number of anilines is 1. The van der Waals surface area contributed by atoms with E-state index in [-0.39, 0.29) is 11.8 Å². The van der Waals surface area contributed by atoms with E-state index < -0.39 is 0 Å². The maximum atomic E-state index is 12.4. The van der Waals surface area contributed by atoms with Crippen molar-refractivity contribution in [3.8, 4) is 5.75 Å². The van der Waals surface area contributed by atoms with Gasteiger partial charge in [0.05, 0.1) is 12.7 Å². The third-order valence-electron chi connectivity index (χ3n) is 3.44. The maximum absolute atomic E-state index is 12.4. The van der Waals surface area contributed by atoms with Gasteiger partial charge in [-0.15, -0.1) is 0 Å². The summed E-state index contributed by atoms with van der Waals surface area (Å²) in [6.07, 6.45) is 0. The molecule has 2 amide bonds. The number of pyridine rings is 1. The Labute approximate surface area is 141 Å². The van der Waals surface area contributed by atoms with Gasteiger partial charge in [0.2, 0.25) is 0 Å². The van der Waals surface area contributed by atoms with Crippen molar-refractivity contribution >= 4 is 17.5 Å². The summed E-state index contributed by atoms with van der Waals surface area (Å²) in [5.74, 6) is 0.0119. The molecule has 0 saturated heterocycles. The number of amides is 2. The number of aryl methyl sites for hydroxylation is 2. The predicted octanol–water partition coefficient (Wildman–Crippen LogP) is 2.66. The van der Waals surface area contributed by atoms with Crippen LogP contribution in [0.5, 0.6) is 5.75 Å². The van der Waals surface area contributed by atoms with Gasteiger partial charge in [-0.25, -0.2) is 0 Å². The van der Waals surface area contributed by atoms with Crippen LogP contribution < -0.4 is 10.1 Å². The summed E-state index contributed by atoms with van der Waals surface area (Å²) in [7, 11) is 4.83. The zero-order chi connectivity index (χ0) is 17.9. The van der Waals surface area contributed by atoms with Crippen LogP contribution in [0.15, 0.2) is 30.3 Å². The lowest BCUT2D eigenvalue weighted by Gasteiger charge is -2.15. The van der Waals surface area contributed by atoms with E-state index in [1.54, 1.807) is 44.4 Å². The minimum atomic E-state index is -0.253. The first kappa shape index (κ1) is 17.5. The molecule has 6 heteroatoms. The smallest absolute Gasteiger partial charge is 0.257 e. The molecule has 6 nitrogen and oxygen atoms in total. The molecular weight excluding hydrogens is 306 g/mol. The molecule has 0 radical (unpaired) electrons. The Bertz CT molecular complexity index is 765. The highest BCUT2D eigenvalue weighted by molar-refractivity contribution is 6.05. The minimum absolute atomic E-state index is 0.196. The highest BCUT2D eigenvalue weighted by Crippen LogP contribution is 2.24. The fourth-order valence-electron chi connectivity index (χ4n) is 2.36. The summed E-state index contributed by atoms with van der Waals surface area (Å²) in [6.45, 7) is 3.68. The first-order valence-corrected chi connectivity index (χ1v) is 7.48. The largest absolute Gasteiger partial charge is 0.496 e. The first-order valence-electron chi connectivity index (χ1n) is 7.48. The zero-order valence-electron chi connectivity index (χ0n) is 14.5. The van der Waals surface area contributed by atoms with Crippen LogP contribution in [0.1, 0.15) is 32.1 Å². The van der Waals surface area contributed by atoms with Crippen LogP contribution in [0, 0.1) is 13.8 Å². The zero-order valence-corrected chi connectivity index (χ0v) is 14.5. The standard InChI is InChI=1S/C18H21N3O3/c1-11-8-13(9-12(2)19-11)17(22)20-14-6-7-16(24-5)15(10-14)18(23)21(3)4/h6-10H,1-5H3,(H,20,22). The van der Waals surface area contributed by atoms with Gasteiger partial charge >= 0.3 is 0 Å². The highest BCUT2D eigenvalue weighted by Gasteiger charge is 2.16. The number of benzene rings is 1. The van der Waals surface area contributed by atoms with Crippen LogP contribution in [0.3, 0.4) is 0 Å². The van der Waals surface area contributed by atoms with Crippen molar-refractivity contribution < 1.29 is 14.3 Å². The molecular formula is C18H21N3O3. The Morgan fingerprint density at radius 3 is 2.25 bits per heavy atom. The molecule has 0 aliphatic rings. The summed E-state index contributed by atoms with van der Waals surface area (Å²) in [5.41, 5.74) is 2.99. The van der Waals surface area contributed by atoms with Gasteiger partial charge in [-0.3, -0.25) is 14.6 Å². The van der Waals surface area contributed by atoms with E-state index in [1.807, 2.05) is 13.8 Å². The Kier molecular flexibility index (Phi) is 5.18. The second-order valence-electron chi connectivity index (χ2n) is 5.71. The Morgan fingerprint density at radius 1 is 1.08 bits per heavy atom. The van der Waals surface area contributed by atoms with Crippen molar-refractivity contribution in [2.24, 2.45) is 0 Å². The SMILES string of the molecule is COc1ccc(NC(=O)c2cc(C)nc(C)c2)cc1C(=O)N(C)C. The topological polar surface area (TPSA) is 71.5 Å². The first-order chi connectivity index (χ1) is 11.3. The number of hydrogen-bond donors (Lipinski definition) is 1. The summed E-state index contributed by atoms with van der Waals surface area (Å²) < 4.78 is 5.22. The average Bonchev–Trinajstić information content (AvgIpc) is 2.53. The van der Waals surface area contributed by atoms with Crippen LogP contribution in [0.25, 0.3) is 0 Å². The number of carbonyl (C=O) groups excluding carboxylic acids is 2. The summed E-state index contributed by atoms with van der Waals surface area (Å²) >= 11 is 0. The van der Waals surface area contributed by atoms with Gasteiger partial charge < -0.3 is 15.0 Å². The number of nitrogens with zero attached hydrogens (tertiary/aromatic N) is 2. The number of aromatic nitrogens is 1. The Balaban J connectivity index is 2.31. The average molecular weight is 327 g/mol. The molecule has 1 aromatic heterocycles. The van der Waals surface area contributed by atoms with Gasteiger partial charge in [0.1, 0.15) is 5.75 Å². The number of rotatable bonds is 4. The molecule has 0 unspecified atom stereocenters. The van der Waals surface area contributed by atoms with Gasteiger partial charge in [-0.05, 0) is 44.2 Å². The molecule has 1 aromatic carbocycles. The Hall–Kier alpha value is -2.89. The summed E-state index contributed by atoms with van der Waals surface area (Å²) in [5, 5.41) is 2.81. The van der Waals surface area contributed by atoms with Crippen molar-refractivity contribution in [3.63, 3.8) is 0 Å². The second kappa shape index (κ2) is 7.12.